The van der Waals surface area contributed by atoms with Gasteiger partial charge in [0.2, 0.25) is 5.91 Å². The van der Waals surface area contributed by atoms with Gasteiger partial charge in [0, 0.05) is 17.8 Å². The van der Waals surface area contributed by atoms with Crippen molar-refractivity contribution in [1.29, 1.82) is 0 Å². The van der Waals surface area contributed by atoms with Crippen LogP contribution in [0.15, 0.2) is 17.5 Å². The van der Waals surface area contributed by atoms with Crippen LogP contribution in [0.1, 0.15) is 44.9 Å². The first kappa shape index (κ1) is 16.7. The Hall–Kier alpha value is -1.36. The van der Waals surface area contributed by atoms with Gasteiger partial charge in [0.05, 0.1) is 12.0 Å². The quantitative estimate of drug-likeness (QED) is 0.800. The lowest BCUT2D eigenvalue weighted by Crippen LogP contribution is -2.39. The van der Waals surface area contributed by atoms with Crippen LogP contribution in [0.25, 0.3) is 0 Å². The molecule has 0 bridgehead atoms. The number of hydrogen-bond donors (Lipinski definition) is 1. The molecule has 0 aromatic carbocycles. The average molecular weight is 297 g/mol. The predicted molar refractivity (Wildman–Crippen MR) is 80.7 cm³/mol. The number of thiophene rings is 1. The minimum Gasteiger partial charge on any atom is -0.481 e. The maximum atomic E-state index is 12.4. The molecule has 0 saturated heterocycles. The minimum absolute atomic E-state index is 0.0769. The molecule has 20 heavy (non-hydrogen) atoms. The number of carboxylic acid groups (broad SMARTS) is 1. The number of carboxylic acids is 1. The zero-order valence-electron chi connectivity index (χ0n) is 12.4. The van der Waals surface area contributed by atoms with E-state index >= 15 is 0 Å². The first-order valence-electron chi connectivity index (χ1n) is 7.02. The van der Waals surface area contributed by atoms with Crippen molar-refractivity contribution in [2.24, 2.45) is 5.41 Å². The third-order valence-corrected chi connectivity index (χ3v) is 4.82. The lowest BCUT2D eigenvalue weighted by atomic mass is 9.79. The fourth-order valence-electron chi connectivity index (χ4n) is 2.25. The minimum atomic E-state index is -0.931. The van der Waals surface area contributed by atoms with Crippen LogP contribution in [-0.4, -0.2) is 28.4 Å². The standard InChI is InChI=1S/C15H23NO3S/c1-4-15(5-2,14(18)19)10-13(17)16(6-3)11-12-8-7-9-20-12/h7-9H,4-6,10-11H2,1-3H3,(H,18,19). The molecule has 1 aromatic heterocycles. The van der Waals surface area contributed by atoms with E-state index in [4.69, 9.17) is 0 Å². The molecule has 1 N–H and O–H groups in total. The molecule has 1 aromatic rings. The van der Waals surface area contributed by atoms with Crippen molar-refractivity contribution >= 4 is 23.2 Å². The van der Waals surface area contributed by atoms with Gasteiger partial charge in [0.15, 0.2) is 0 Å². The summed E-state index contributed by atoms with van der Waals surface area (Å²) in [6.45, 7) is 6.75. The van der Waals surface area contributed by atoms with E-state index in [0.717, 1.165) is 4.88 Å². The highest BCUT2D eigenvalue weighted by Crippen LogP contribution is 2.32. The molecule has 112 valence electrons. The summed E-state index contributed by atoms with van der Waals surface area (Å²) in [5.41, 5.74) is -0.931. The number of aliphatic carboxylic acids is 1. The Morgan fingerprint density at radius 1 is 1.30 bits per heavy atom. The molecule has 1 heterocycles. The van der Waals surface area contributed by atoms with Gasteiger partial charge in [-0.25, -0.2) is 0 Å². The van der Waals surface area contributed by atoms with Crippen molar-refractivity contribution in [3.05, 3.63) is 22.4 Å². The summed E-state index contributed by atoms with van der Waals surface area (Å²) in [6, 6.07) is 3.95. The van der Waals surface area contributed by atoms with Crippen LogP contribution in [0.3, 0.4) is 0 Å². The summed E-state index contributed by atoms with van der Waals surface area (Å²) in [6.07, 6.45) is 1.02. The second-order valence-electron chi connectivity index (χ2n) is 4.96. The number of carbonyl (C=O) groups is 2. The average Bonchev–Trinajstić information content (AvgIpc) is 2.94. The Labute approximate surface area is 124 Å². The second kappa shape index (κ2) is 7.43. The molecule has 5 heteroatoms. The Morgan fingerprint density at radius 2 is 1.95 bits per heavy atom. The Bertz CT molecular complexity index is 438. The first-order valence-corrected chi connectivity index (χ1v) is 7.90. The number of amides is 1. The van der Waals surface area contributed by atoms with Gasteiger partial charge in [-0.3, -0.25) is 9.59 Å². The number of carbonyl (C=O) groups excluding carboxylic acids is 1. The lowest BCUT2D eigenvalue weighted by molar-refractivity contribution is -0.154. The Morgan fingerprint density at radius 3 is 2.35 bits per heavy atom. The van der Waals surface area contributed by atoms with Crippen molar-refractivity contribution < 1.29 is 14.7 Å². The van der Waals surface area contributed by atoms with Crippen molar-refractivity contribution in [3.8, 4) is 0 Å². The van der Waals surface area contributed by atoms with Gasteiger partial charge in [0.25, 0.3) is 0 Å². The molecule has 0 saturated carbocycles. The lowest BCUT2D eigenvalue weighted by Gasteiger charge is -2.29. The highest BCUT2D eigenvalue weighted by Gasteiger charge is 2.38. The first-order chi connectivity index (χ1) is 9.49. The topological polar surface area (TPSA) is 57.6 Å². The summed E-state index contributed by atoms with van der Waals surface area (Å²) in [5, 5.41) is 11.4. The normalized spacial score (nSPS) is 11.3. The molecule has 0 aliphatic rings. The zero-order valence-corrected chi connectivity index (χ0v) is 13.2. The summed E-state index contributed by atoms with van der Waals surface area (Å²) in [5.74, 6) is -0.949. The van der Waals surface area contributed by atoms with Crippen molar-refractivity contribution in [1.82, 2.24) is 4.90 Å². The fourth-order valence-corrected chi connectivity index (χ4v) is 2.97. The van der Waals surface area contributed by atoms with Crippen LogP contribution in [0, 0.1) is 5.41 Å². The molecule has 0 spiro atoms. The maximum Gasteiger partial charge on any atom is 0.310 e. The number of nitrogens with zero attached hydrogens (tertiary/aromatic N) is 1. The Kier molecular flexibility index (Phi) is 6.20. The van der Waals surface area contributed by atoms with E-state index in [1.54, 1.807) is 16.2 Å². The predicted octanol–water partition coefficient (Wildman–Crippen LogP) is 3.38. The third kappa shape index (κ3) is 3.82. The summed E-state index contributed by atoms with van der Waals surface area (Å²) in [4.78, 5) is 26.7. The molecule has 0 radical (unpaired) electrons. The SMILES string of the molecule is CCN(Cc1cccs1)C(=O)CC(CC)(CC)C(=O)O. The molecule has 4 nitrogen and oxygen atoms in total. The van der Waals surface area contributed by atoms with Crippen molar-refractivity contribution in [2.45, 2.75) is 46.6 Å². The van der Waals surface area contributed by atoms with Gasteiger partial charge < -0.3 is 10.0 Å². The molecule has 0 aliphatic carbocycles. The fraction of sp³-hybridized carbons (Fsp3) is 0.600. The van der Waals surface area contributed by atoms with Crippen LogP contribution in [0.5, 0.6) is 0 Å². The van der Waals surface area contributed by atoms with Gasteiger partial charge in [0.1, 0.15) is 0 Å². The van der Waals surface area contributed by atoms with Crippen LogP contribution >= 0.6 is 11.3 Å². The molecule has 0 fully saturated rings. The van der Waals surface area contributed by atoms with Crippen molar-refractivity contribution in [2.75, 3.05) is 6.54 Å². The maximum absolute atomic E-state index is 12.4. The molecular formula is C15H23NO3S. The largest absolute Gasteiger partial charge is 0.481 e. The Balaban J connectivity index is 2.78. The second-order valence-corrected chi connectivity index (χ2v) is 5.99. The van der Waals surface area contributed by atoms with E-state index in [9.17, 15) is 14.7 Å². The molecular weight excluding hydrogens is 274 g/mol. The van der Waals surface area contributed by atoms with E-state index in [1.807, 2.05) is 38.3 Å². The smallest absolute Gasteiger partial charge is 0.310 e. The third-order valence-electron chi connectivity index (χ3n) is 3.96. The number of hydrogen-bond acceptors (Lipinski definition) is 3. The molecule has 0 atom stereocenters. The van der Waals surface area contributed by atoms with Crippen molar-refractivity contribution in [3.63, 3.8) is 0 Å². The van der Waals surface area contributed by atoms with E-state index in [0.29, 0.717) is 25.9 Å². The van der Waals surface area contributed by atoms with Gasteiger partial charge in [-0.1, -0.05) is 19.9 Å². The van der Waals surface area contributed by atoms with Crippen LogP contribution in [-0.2, 0) is 16.1 Å². The molecule has 0 unspecified atom stereocenters. The van der Waals surface area contributed by atoms with Gasteiger partial charge in [-0.05, 0) is 31.2 Å². The van der Waals surface area contributed by atoms with Gasteiger partial charge in [-0.15, -0.1) is 11.3 Å². The summed E-state index contributed by atoms with van der Waals surface area (Å²) >= 11 is 1.61. The van der Waals surface area contributed by atoms with Crippen LogP contribution in [0.2, 0.25) is 0 Å². The molecule has 1 rings (SSSR count). The molecule has 1 amide bonds. The molecule has 0 aliphatic heterocycles. The van der Waals surface area contributed by atoms with Crippen LogP contribution in [0.4, 0.5) is 0 Å². The van der Waals surface area contributed by atoms with Gasteiger partial charge in [-0.2, -0.15) is 0 Å². The van der Waals surface area contributed by atoms with E-state index < -0.39 is 11.4 Å². The monoisotopic (exact) mass is 297 g/mol. The highest BCUT2D eigenvalue weighted by atomic mass is 32.1. The summed E-state index contributed by atoms with van der Waals surface area (Å²) in [7, 11) is 0. The zero-order chi connectivity index (χ0) is 15.2. The highest BCUT2D eigenvalue weighted by molar-refractivity contribution is 7.09. The van der Waals surface area contributed by atoms with E-state index in [-0.39, 0.29) is 12.3 Å². The van der Waals surface area contributed by atoms with Gasteiger partial charge >= 0.3 is 5.97 Å². The van der Waals surface area contributed by atoms with E-state index in [1.165, 1.54) is 0 Å². The van der Waals surface area contributed by atoms with Crippen LogP contribution < -0.4 is 0 Å². The number of rotatable bonds is 8. The van der Waals surface area contributed by atoms with E-state index in [2.05, 4.69) is 0 Å². The summed E-state index contributed by atoms with van der Waals surface area (Å²) < 4.78 is 0.